The van der Waals surface area contributed by atoms with E-state index in [0.717, 1.165) is 0 Å². The van der Waals surface area contributed by atoms with Gasteiger partial charge in [-0.1, -0.05) is 177 Å². The Morgan fingerprint density at radius 2 is 0.667 bits per heavy atom. The molecule has 0 aliphatic rings. The lowest BCUT2D eigenvalue weighted by atomic mass is 9.68. The molecule has 27 heavy (non-hydrogen) atoms. The van der Waals surface area contributed by atoms with Gasteiger partial charge in [-0.25, -0.2) is 0 Å². The first-order valence-corrected chi connectivity index (χ1v) is 11.0. The van der Waals surface area contributed by atoms with Crippen molar-refractivity contribution in [1.29, 1.82) is 0 Å². The molecule has 0 aromatic heterocycles. The lowest BCUT2D eigenvalue weighted by Crippen LogP contribution is -2.65. The van der Waals surface area contributed by atoms with Crippen molar-refractivity contribution in [3.63, 3.8) is 0 Å². The van der Waals surface area contributed by atoms with Gasteiger partial charge in [-0.15, -0.1) is 0 Å². The first-order chi connectivity index (χ1) is 12.2. The quantitative estimate of drug-likeness (QED) is 0.323. The normalized spacial score (nSPS) is 14.3. The maximum Gasteiger partial charge on any atom is 0.224 e. The van der Waals surface area contributed by atoms with Crippen LogP contribution in [0.4, 0.5) is 0 Å². The van der Waals surface area contributed by atoms with Gasteiger partial charge < -0.3 is 0 Å². The van der Waals surface area contributed by atoms with Gasteiger partial charge in [0.05, 0.1) is 5.41 Å². The summed E-state index contributed by atoms with van der Waals surface area (Å²) in [6, 6.07) is 17.0. The molecular weight excluding hydrogens is 559 g/mol. The van der Waals surface area contributed by atoms with E-state index >= 15 is 0 Å². The fraction of sp³-hybridized carbons (Fsp3) is 0.294. The molecule has 0 aliphatic carbocycles. The SMILES string of the molecule is ClC(Cl)(Cl)C(Cl)(Cl)C(c1ccccc1)(c1ccccc1)C(Cl)(Cl)C(Cl)(Cl)Cl. The highest BCUT2D eigenvalue weighted by Crippen LogP contribution is 2.69. The van der Waals surface area contributed by atoms with Crippen LogP contribution in [-0.2, 0) is 5.41 Å². The van der Waals surface area contributed by atoms with E-state index in [9.17, 15) is 0 Å². The van der Waals surface area contributed by atoms with Crippen LogP contribution in [0, 0.1) is 0 Å². The van der Waals surface area contributed by atoms with Crippen LogP contribution in [0.25, 0.3) is 0 Å². The van der Waals surface area contributed by atoms with Crippen molar-refractivity contribution in [2.75, 3.05) is 0 Å². The smallest absolute Gasteiger partial charge is 0.0953 e. The van der Waals surface area contributed by atoms with Crippen molar-refractivity contribution in [2.45, 2.75) is 21.7 Å². The average molecular weight is 569 g/mol. The molecule has 0 spiro atoms. The molecule has 0 atom stereocenters. The zero-order valence-corrected chi connectivity index (χ0v) is 20.6. The van der Waals surface area contributed by atoms with Gasteiger partial charge in [0.1, 0.15) is 0 Å². The van der Waals surface area contributed by atoms with Crippen LogP contribution >= 0.6 is 116 Å². The average Bonchev–Trinajstić information content (AvgIpc) is 2.55. The predicted molar refractivity (Wildman–Crippen MR) is 123 cm³/mol. The third kappa shape index (κ3) is 4.11. The fourth-order valence-corrected chi connectivity index (χ4v) is 5.37. The minimum Gasteiger partial charge on any atom is -0.0953 e. The first-order valence-electron chi connectivity index (χ1n) is 7.21. The summed E-state index contributed by atoms with van der Waals surface area (Å²) in [6.45, 7) is 0. The second-order valence-corrected chi connectivity index (χ2v) is 12.8. The Bertz CT molecular complexity index is 692. The van der Waals surface area contributed by atoms with Gasteiger partial charge in [-0.2, -0.15) is 0 Å². The van der Waals surface area contributed by atoms with E-state index in [-0.39, 0.29) is 0 Å². The Hall–Kier alpha value is 1.34. The summed E-state index contributed by atoms with van der Waals surface area (Å²) in [6.07, 6.45) is 0. The van der Waals surface area contributed by atoms with Crippen molar-refractivity contribution < 1.29 is 0 Å². The number of rotatable bonds is 4. The molecule has 0 saturated carbocycles. The van der Waals surface area contributed by atoms with E-state index in [1.165, 1.54) is 0 Å². The Balaban J connectivity index is 3.10. The van der Waals surface area contributed by atoms with Gasteiger partial charge >= 0.3 is 0 Å². The van der Waals surface area contributed by atoms with Crippen LogP contribution in [0.15, 0.2) is 60.7 Å². The largest absolute Gasteiger partial charge is 0.224 e. The molecule has 0 nitrogen and oxygen atoms in total. The van der Waals surface area contributed by atoms with E-state index in [0.29, 0.717) is 11.1 Å². The second-order valence-electron chi connectivity index (χ2n) is 5.63. The molecule has 0 aliphatic heterocycles. The molecule has 0 amide bonds. The number of hydrogen-bond acceptors (Lipinski definition) is 0. The highest BCUT2D eigenvalue weighted by molar-refractivity contribution is 6.78. The summed E-state index contributed by atoms with van der Waals surface area (Å²) in [5.41, 5.74) is -1.13. The molecule has 0 saturated heterocycles. The minimum absolute atomic E-state index is 0.379. The molecule has 0 N–H and O–H groups in total. The Labute approximate surface area is 207 Å². The van der Waals surface area contributed by atoms with Gasteiger partial charge in [0.2, 0.25) is 7.59 Å². The van der Waals surface area contributed by atoms with Crippen molar-refractivity contribution in [1.82, 2.24) is 0 Å². The van der Waals surface area contributed by atoms with Crippen LogP contribution in [0.5, 0.6) is 0 Å². The van der Waals surface area contributed by atoms with Crippen molar-refractivity contribution in [3.8, 4) is 0 Å². The molecular formula is C17H10Cl10. The van der Waals surface area contributed by atoms with Crippen molar-refractivity contribution in [3.05, 3.63) is 71.8 Å². The molecule has 148 valence electrons. The predicted octanol–water partition coefficient (Wildman–Crippen LogP) is 9.06. The van der Waals surface area contributed by atoms with E-state index in [2.05, 4.69) is 0 Å². The molecule has 0 unspecified atom stereocenters. The lowest BCUT2D eigenvalue weighted by molar-refractivity contribution is 0.396. The summed E-state index contributed by atoms with van der Waals surface area (Å²) in [7, 11) is 0. The Kier molecular flexibility index (Phi) is 7.71. The summed E-state index contributed by atoms with van der Waals surface area (Å²) in [5, 5.41) is 0. The summed E-state index contributed by atoms with van der Waals surface area (Å²) in [5.74, 6) is 0. The molecule has 0 bridgehead atoms. The number of halogens is 10. The Morgan fingerprint density at radius 1 is 0.407 bits per heavy atom. The van der Waals surface area contributed by atoms with Crippen LogP contribution in [0.1, 0.15) is 11.1 Å². The molecule has 2 aromatic carbocycles. The Morgan fingerprint density at radius 3 is 0.889 bits per heavy atom. The molecule has 2 aromatic rings. The van der Waals surface area contributed by atoms with Gasteiger partial charge in [0.25, 0.3) is 0 Å². The van der Waals surface area contributed by atoms with E-state index in [1.807, 2.05) is 0 Å². The molecule has 0 fully saturated rings. The molecule has 2 rings (SSSR count). The van der Waals surface area contributed by atoms with Gasteiger partial charge in [0, 0.05) is 0 Å². The number of hydrogen-bond donors (Lipinski definition) is 0. The van der Waals surface area contributed by atoms with Gasteiger partial charge in [-0.05, 0) is 11.1 Å². The highest BCUT2D eigenvalue weighted by atomic mass is 35.6. The third-order valence-electron chi connectivity index (χ3n) is 4.07. The third-order valence-corrected chi connectivity index (χ3v) is 9.20. The molecule has 0 heterocycles. The highest BCUT2D eigenvalue weighted by Gasteiger charge is 2.74. The van der Waals surface area contributed by atoms with Crippen LogP contribution < -0.4 is 0 Å². The standard InChI is InChI=1S/C17H10Cl10/c18-14(19,16(22,23)24)13(11-7-3-1-4-8-11,12-9-5-2-6-10-12)15(20,21)17(25,26)27/h1-10H. The summed E-state index contributed by atoms with van der Waals surface area (Å²) >= 11 is 64.0. The van der Waals surface area contributed by atoms with Crippen molar-refractivity contribution >= 4 is 116 Å². The summed E-state index contributed by atoms with van der Waals surface area (Å²) in [4.78, 5) is 0. The van der Waals surface area contributed by atoms with E-state index in [4.69, 9.17) is 116 Å². The maximum atomic E-state index is 6.72. The monoisotopic (exact) mass is 564 g/mol. The van der Waals surface area contributed by atoms with Gasteiger partial charge in [0.15, 0.2) is 8.67 Å². The summed E-state index contributed by atoms with van der Waals surface area (Å²) < 4.78 is -9.12. The zero-order valence-electron chi connectivity index (χ0n) is 13.1. The van der Waals surface area contributed by atoms with Crippen LogP contribution in [-0.4, -0.2) is 16.3 Å². The van der Waals surface area contributed by atoms with Gasteiger partial charge in [-0.3, -0.25) is 0 Å². The maximum absolute atomic E-state index is 6.72. The zero-order chi connectivity index (χ0) is 20.7. The first kappa shape index (κ1) is 24.6. The van der Waals surface area contributed by atoms with E-state index < -0.39 is 21.7 Å². The molecule has 10 heteroatoms. The van der Waals surface area contributed by atoms with Crippen LogP contribution in [0.2, 0.25) is 0 Å². The fourth-order valence-electron chi connectivity index (χ4n) is 2.89. The topological polar surface area (TPSA) is 0 Å². The van der Waals surface area contributed by atoms with E-state index in [1.54, 1.807) is 60.7 Å². The second kappa shape index (κ2) is 8.46. The molecule has 0 radical (unpaired) electrons. The van der Waals surface area contributed by atoms with Crippen LogP contribution in [0.3, 0.4) is 0 Å². The lowest BCUT2D eigenvalue weighted by Gasteiger charge is -2.54. The number of benzene rings is 2. The minimum atomic E-state index is -2.28. The number of alkyl halides is 10. The van der Waals surface area contributed by atoms with Crippen molar-refractivity contribution in [2.24, 2.45) is 0 Å².